The fourth-order valence-corrected chi connectivity index (χ4v) is 3.82. The van der Waals surface area contributed by atoms with Gasteiger partial charge in [-0.05, 0) is 60.5 Å². The second-order valence-electron chi connectivity index (χ2n) is 6.94. The van der Waals surface area contributed by atoms with Crippen LogP contribution >= 0.6 is 23.2 Å². The van der Waals surface area contributed by atoms with Gasteiger partial charge in [0, 0.05) is 15.6 Å². The van der Waals surface area contributed by atoms with E-state index in [0.717, 1.165) is 28.1 Å². The molecule has 0 aromatic heterocycles. The van der Waals surface area contributed by atoms with Crippen molar-refractivity contribution >= 4 is 29.0 Å². The average molecular weight is 435 g/mol. The van der Waals surface area contributed by atoms with E-state index in [9.17, 15) is 0 Å². The van der Waals surface area contributed by atoms with Gasteiger partial charge in [0.25, 0.3) is 0 Å². The van der Waals surface area contributed by atoms with Crippen LogP contribution < -0.4 is 10.1 Å². The molecule has 0 fully saturated rings. The number of amidine groups is 1. The van der Waals surface area contributed by atoms with Crippen LogP contribution in [0.2, 0.25) is 10.0 Å². The molecule has 3 aromatic carbocycles. The van der Waals surface area contributed by atoms with Crippen molar-refractivity contribution in [2.24, 2.45) is 4.99 Å². The molecule has 0 saturated heterocycles. The zero-order chi connectivity index (χ0) is 21.1. The number of hydrogen-bond donors (Lipinski definition) is 1. The predicted octanol–water partition coefficient (Wildman–Crippen LogP) is 6.21. The molecule has 150 valence electrons. The molecule has 0 bridgehead atoms. The van der Waals surface area contributed by atoms with E-state index >= 15 is 0 Å². The molecule has 0 radical (unpaired) electrons. The molecule has 4 rings (SSSR count). The van der Waals surface area contributed by atoms with Crippen molar-refractivity contribution in [1.82, 2.24) is 5.32 Å². The largest absolute Gasteiger partial charge is 0.493 e. The van der Waals surface area contributed by atoms with Gasteiger partial charge in [0.15, 0.2) is 0 Å². The summed E-state index contributed by atoms with van der Waals surface area (Å²) in [6.45, 7) is 2.48. The maximum Gasteiger partial charge on any atom is 0.133 e. The van der Waals surface area contributed by atoms with E-state index in [1.165, 1.54) is 0 Å². The molecule has 5 heteroatoms. The Morgan fingerprint density at radius 1 is 0.967 bits per heavy atom. The monoisotopic (exact) mass is 434 g/mol. The summed E-state index contributed by atoms with van der Waals surface area (Å²) in [4.78, 5) is 5.03. The summed E-state index contributed by atoms with van der Waals surface area (Å²) >= 11 is 12.2. The van der Waals surface area contributed by atoms with Crippen LogP contribution in [0, 0.1) is 12.3 Å². The molecule has 2 atom stereocenters. The smallest absolute Gasteiger partial charge is 0.133 e. The molecule has 30 heavy (non-hydrogen) atoms. The Hall–Kier alpha value is -2.93. The van der Waals surface area contributed by atoms with Gasteiger partial charge in [-0.3, -0.25) is 4.99 Å². The van der Waals surface area contributed by atoms with Crippen molar-refractivity contribution in [3.63, 3.8) is 0 Å². The van der Waals surface area contributed by atoms with Gasteiger partial charge in [0.2, 0.25) is 0 Å². The number of hydrogen-bond acceptors (Lipinski definition) is 3. The number of halogens is 2. The van der Waals surface area contributed by atoms with Crippen molar-refractivity contribution in [1.29, 1.82) is 0 Å². The minimum absolute atomic E-state index is 0.0553. The lowest BCUT2D eigenvalue weighted by atomic mass is 9.95. The molecular formula is C25H20Cl2N2O. The molecule has 1 aliphatic heterocycles. The molecule has 1 N–H and O–H groups in total. The fourth-order valence-electron chi connectivity index (χ4n) is 3.57. The van der Waals surface area contributed by atoms with Gasteiger partial charge in [-0.25, -0.2) is 0 Å². The van der Waals surface area contributed by atoms with Crippen molar-refractivity contribution in [3.8, 4) is 18.1 Å². The average Bonchev–Trinajstić information content (AvgIpc) is 3.20. The minimum atomic E-state index is -0.125. The summed E-state index contributed by atoms with van der Waals surface area (Å²) in [6.07, 6.45) is 5.57. The summed E-state index contributed by atoms with van der Waals surface area (Å²) in [7, 11) is 0. The third-order valence-electron chi connectivity index (χ3n) is 5.02. The van der Waals surface area contributed by atoms with Gasteiger partial charge >= 0.3 is 0 Å². The summed E-state index contributed by atoms with van der Waals surface area (Å²) in [5.74, 6) is 4.14. The zero-order valence-corrected chi connectivity index (χ0v) is 17.9. The van der Waals surface area contributed by atoms with Gasteiger partial charge in [0.05, 0.1) is 18.2 Å². The third kappa shape index (κ3) is 4.16. The second-order valence-corrected chi connectivity index (χ2v) is 7.81. The molecule has 0 unspecified atom stereocenters. The number of aliphatic imine (C=N–C) groups is 1. The highest BCUT2D eigenvalue weighted by atomic mass is 35.5. The van der Waals surface area contributed by atoms with Crippen molar-refractivity contribution < 1.29 is 4.74 Å². The third-order valence-corrected chi connectivity index (χ3v) is 5.52. The molecule has 3 nitrogen and oxygen atoms in total. The fraction of sp³-hybridized carbons (Fsp3) is 0.160. The maximum atomic E-state index is 6.10. The van der Waals surface area contributed by atoms with Gasteiger partial charge in [-0.2, -0.15) is 0 Å². The first kappa shape index (κ1) is 20.3. The Morgan fingerprint density at radius 2 is 1.60 bits per heavy atom. The van der Waals surface area contributed by atoms with Crippen LogP contribution in [0.25, 0.3) is 0 Å². The van der Waals surface area contributed by atoms with Gasteiger partial charge in [-0.15, -0.1) is 6.42 Å². The lowest BCUT2D eigenvalue weighted by Crippen LogP contribution is -2.25. The topological polar surface area (TPSA) is 33.6 Å². The maximum absolute atomic E-state index is 6.10. The van der Waals surface area contributed by atoms with Crippen LogP contribution in [-0.4, -0.2) is 12.4 Å². The van der Waals surface area contributed by atoms with Crippen molar-refractivity contribution in [2.45, 2.75) is 19.0 Å². The highest BCUT2D eigenvalue weighted by molar-refractivity contribution is 6.30. The molecule has 0 aliphatic carbocycles. The quantitative estimate of drug-likeness (QED) is 0.484. The van der Waals surface area contributed by atoms with Crippen LogP contribution in [0.5, 0.6) is 5.75 Å². The number of nitrogens with one attached hydrogen (secondary N) is 1. The highest BCUT2D eigenvalue weighted by Crippen LogP contribution is 2.39. The van der Waals surface area contributed by atoms with Crippen molar-refractivity contribution in [2.75, 3.05) is 6.61 Å². The number of rotatable bonds is 5. The van der Waals surface area contributed by atoms with E-state index in [4.69, 9.17) is 39.4 Å². The molecule has 0 amide bonds. The van der Waals surface area contributed by atoms with E-state index in [1.54, 1.807) is 0 Å². The number of nitrogens with zero attached hydrogens (tertiary/aromatic N) is 1. The van der Waals surface area contributed by atoms with Gasteiger partial charge in [0.1, 0.15) is 17.6 Å². The minimum Gasteiger partial charge on any atom is -0.493 e. The first-order valence-corrected chi connectivity index (χ1v) is 10.4. The molecular weight excluding hydrogens is 415 g/mol. The zero-order valence-electron chi connectivity index (χ0n) is 16.4. The Labute approximate surface area is 186 Å². The highest BCUT2D eigenvalue weighted by Gasteiger charge is 2.32. The van der Waals surface area contributed by atoms with E-state index in [-0.39, 0.29) is 12.1 Å². The van der Waals surface area contributed by atoms with Crippen LogP contribution in [0.3, 0.4) is 0 Å². The SMILES string of the molecule is C#Cc1ccc(C2=N[C@@H](c3ccc(Cl)cc3)[C@@H](c3ccc(Cl)cc3)N2)c(OCC)c1. The predicted molar refractivity (Wildman–Crippen MR) is 124 cm³/mol. The first-order valence-electron chi connectivity index (χ1n) is 9.68. The molecule has 1 heterocycles. The Bertz CT molecular complexity index is 1120. The Morgan fingerprint density at radius 3 is 2.20 bits per heavy atom. The molecule has 1 aliphatic rings. The molecule has 0 spiro atoms. The van der Waals surface area contributed by atoms with Crippen LogP contribution in [0.15, 0.2) is 71.7 Å². The Balaban J connectivity index is 1.78. The van der Waals surface area contributed by atoms with Gasteiger partial charge < -0.3 is 10.1 Å². The molecule has 3 aromatic rings. The summed E-state index contributed by atoms with van der Waals surface area (Å²) < 4.78 is 5.85. The number of terminal acetylenes is 1. The van der Waals surface area contributed by atoms with E-state index in [0.29, 0.717) is 22.4 Å². The normalized spacial score (nSPS) is 17.7. The standard InChI is InChI=1S/C25H20Cl2N2O/c1-3-16-5-14-21(22(15-16)30-4-2)25-28-23(17-6-10-19(26)11-7-17)24(29-25)18-8-12-20(27)13-9-18/h1,5-15,23-24H,4H2,2H3,(H,28,29)/t23-,24+. The van der Waals surface area contributed by atoms with Crippen molar-refractivity contribution in [3.05, 3.63) is 99.0 Å². The van der Waals surface area contributed by atoms with E-state index < -0.39 is 0 Å². The van der Waals surface area contributed by atoms with Crippen LogP contribution in [-0.2, 0) is 0 Å². The number of benzene rings is 3. The molecule has 0 saturated carbocycles. The van der Waals surface area contributed by atoms with E-state index in [1.807, 2.05) is 73.7 Å². The Kier molecular flexibility index (Phi) is 5.99. The van der Waals surface area contributed by atoms with Gasteiger partial charge in [-0.1, -0.05) is 53.4 Å². The van der Waals surface area contributed by atoms with E-state index in [2.05, 4.69) is 11.2 Å². The lowest BCUT2D eigenvalue weighted by molar-refractivity contribution is 0.339. The van der Waals surface area contributed by atoms with Crippen LogP contribution in [0.1, 0.15) is 41.3 Å². The number of ether oxygens (including phenoxy) is 1. The lowest BCUT2D eigenvalue weighted by Gasteiger charge is -2.20. The summed E-state index contributed by atoms with van der Waals surface area (Å²) in [6, 6.07) is 21.2. The summed E-state index contributed by atoms with van der Waals surface area (Å²) in [5.41, 5.74) is 3.81. The second kappa shape index (κ2) is 8.83. The summed E-state index contributed by atoms with van der Waals surface area (Å²) in [5, 5.41) is 4.98. The first-order chi connectivity index (χ1) is 14.6. The van der Waals surface area contributed by atoms with Crippen LogP contribution in [0.4, 0.5) is 0 Å².